The van der Waals surface area contributed by atoms with Crippen LogP contribution in [-0.4, -0.2) is 23.1 Å². The first-order valence-electron chi connectivity index (χ1n) is 6.41. The van der Waals surface area contributed by atoms with E-state index in [2.05, 4.69) is 28.8 Å². The van der Waals surface area contributed by atoms with Gasteiger partial charge in [-0.05, 0) is 19.3 Å². The highest BCUT2D eigenvalue weighted by Crippen LogP contribution is 2.40. The first-order valence-corrected chi connectivity index (χ1v) is 6.41. The molecule has 98 valence electrons. The SMILES string of the molecule is C=CCNc1nc(C2CC2)nc(OCCC)c1N. The van der Waals surface area contributed by atoms with Crippen molar-refractivity contribution in [2.45, 2.75) is 32.1 Å². The normalized spacial score (nSPS) is 14.3. The van der Waals surface area contributed by atoms with Crippen molar-refractivity contribution in [2.24, 2.45) is 0 Å². The van der Waals surface area contributed by atoms with Crippen LogP contribution in [0.2, 0.25) is 0 Å². The van der Waals surface area contributed by atoms with Crippen LogP contribution in [-0.2, 0) is 0 Å². The second-order valence-corrected chi connectivity index (χ2v) is 4.44. The van der Waals surface area contributed by atoms with E-state index in [4.69, 9.17) is 10.5 Å². The number of anilines is 2. The molecule has 5 heteroatoms. The summed E-state index contributed by atoms with van der Waals surface area (Å²) in [6.45, 7) is 6.96. The fourth-order valence-corrected chi connectivity index (χ4v) is 1.60. The number of hydrogen-bond acceptors (Lipinski definition) is 5. The topological polar surface area (TPSA) is 73.1 Å². The third-order valence-electron chi connectivity index (χ3n) is 2.73. The lowest BCUT2D eigenvalue weighted by Gasteiger charge is -2.13. The molecule has 1 aliphatic rings. The summed E-state index contributed by atoms with van der Waals surface area (Å²) in [6.07, 6.45) is 5.00. The largest absolute Gasteiger partial charge is 0.476 e. The molecule has 1 aliphatic carbocycles. The summed E-state index contributed by atoms with van der Waals surface area (Å²) in [5.74, 6) is 2.46. The van der Waals surface area contributed by atoms with E-state index in [0.29, 0.717) is 36.5 Å². The van der Waals surface area contributed by atoms with Crippen molar-refractivity contribution in [3.05, 3.63) is 18.5 Å². The molecule has 0 radical (unpaired) electrons. The highest BCUT2D eigenvalue weighted by Gasteiger charge is 2.28. The molecule has 0 atom stereocenters. The number of nitrogen functional groups attached to an aromatic ring is 1. The van der Waals surface area contributed by atoms with Crippen LogP contribution < -0.4 is 15.8 Å². The van der Waals surface area contributed by atoms with Crippen molar-refractivity contribution in [1.29, 1.82) is 0 Å². The molecule has 0 bridgehead atoms. The minimum atomic E-state index is 0.471. The predicted octanol–water partition coefficient (Wildman–Crippen LogP) is 2.32. The van der Waals surface area contributed by atoms with Crippen LogP contribution >= 0.6 is 0 Å². The molecule has 0 aromatic carbocycles. The second-order valence-electron chi connectivity index (χ2n) is 4.44. The van der Waals surface area contributed by atoms with E-state index in [-0.39, 0.29) is 0 Å². The van der Waals surface area contributed by atoms with Gasteiger partial charge in [0.2, 0.25) is 5.88 Å². The minimum Gasteiger partial charge on any atom is -0.476 e. The van der Waals surface area contributed by atoms with Gasteiger partial charge in [-0.3, -0.25) is 0 Å². The van der Waals surface area contributed by atoms with Crippen LogP contribution in [0.15, 0.2) is 12.7 Å². The second kappa shape index (κ2) is 5.71. The molecular weight excluding hydrogens is 228 g/mol. The Morgan fingerprint density at radius 1 is 1.50 bits per heavy atom. The third kappa shape index (κ3) is 2.91. The molecule has 0 amide bonds. The van der Waals surface area contributed by atoms with E-state index >= 15 is 0 Å². The molecule has 0 saturated heterocycles. The Morgan fingerprint density at radius 2 is 2.28 bits per heavy atom. The van der Waals surface area contributed by atoms with Crippen LogP contribution in [0.1, 0.15) is 37.9 Å². The zero-order chi connectivity index (χ0) is 13.0. The predicted molar refractivity (Wildman–Crippen MR) is 72.9 cm³/mol. The van der Waals surface area contributed by atoms with Gasteiger partial charge < -0.3 is 15.8 Å². The molecule has 1 saturated carbocycles. The highest BCUT2D eigenvalue weighted by atomic mass is 16.5. The molecule has 0 unspecified atom stereocenters. The summed E-state index contributed by atoms with van der Waals surface area (Å²) in [5.41, 5.74) is 6.49. The Kier molecular flexibility index (Phi) is 4.02. The van der Waals surface area contributed by atoms with Crippen LogP contribution in [0.25, 0.3) is 0 Å². The Balaban J connectivity index is 2.25. The first-order chi connectivity index (χ1) is 8.76. The molecule has 1 aromatic rings. The maximum atomic E-state index is 6.01. The van der Waals surface area contributed by atoms with Gasteiger partial charge >= 0.3 is 0 Å². The first kappa shape index (κ1) is 12.7. The van der Waals surface area contributed by atoms with Gasteiger partial charge in [0.05, 0.1) is 6.61 Å². The molecular formula is C13H20N4O. The average molecular weight is 248 g/mol. The summed E-state index contributed by atoms with van der Waals surface area (Å²) >= 11 is 0. The molecule has 18 heavy (non-hydrogen) atoms. The van der Waals surface area contributed by atoms with Crippen LogP contribution in [0.4, 0.5) is 11.5 Å². The smallest absolute Gasteiger partial charge is 0.242 e. The number of rotatable bonds is 7. The van der Waals surface area contributed by atoms with Gasteiger partial charge in [-0.1, -0.05) is 13.0 Å². The van der Waals surface area contributed by atoms with Gasteiger partial charge in [0, 0.05) is 12.5 Å². The van der Waals surface area contributed by atoms with Crippen molar-refractivity contribution in [3.8, 4) is 5.88 Å². The molecule has 1 heterocycles. The summed E-state index contributed by atoms with van der Waals surface area (Å²) in [6, 6.07) is 0. The molecule has 3 N–H and O–H groups in total. The van der Waals surface area contributed by atoms with Crippen LogP contribution in [0, 0.1) is 0 Å². The zero-order valence-corrected chi connectivity index (χ0v) is 10.8. The van der Waals surface area contributed by atoms with E-state index in [1.54, 1.807) is 6.08 Å². The summed E-state index contributed by atoms with van der Waals surface area (Å²) in [4.78, 5) is 8.88. The Bertz CT molecular complexity index is 429. The van der Waals surface area contributed by atoms with Crippen molar-refractivity contribution in [3.63, 3.8) is 0 Å². The molecule has 2 rings (SSSR count). The fourth-order valence-electron chi connectivity index (χ4n) is 1.60. The van der Waals surface area contributed by atoms with Gasteiger partial charge in [-0.15, -0.1) is 6.58 Å². The summed E-state index contributed by atoms with van der Waals surface area (Å²) < 4.78 is 5.58. The third-order valence-corrected chi connectivity index (χ3v) is 2.73. The quantitative estimate of drug-likeness (QED) is 0.724. The number of nitrogens with one attached hydrogen (secondary N) is 1. The van der Waals surface area contributed by atoms with Crippen molar-refractivity contribution in [1.82, 2.24) is 9.97 Å². The maximum absolute atomic E-state index is 6.01. The average Bonchev–Trinajstić information content (AvgIpc) is 3.20. The van der Waals surface area contributed by atoms with E-state index in [0.717, 1.165) is 25.1 Å². The molecule has 0 aliphatic heterocycles. The maximum Gasteiger partial charge on any atom is 0.242 e. The molecule has 1 aromatic heterocycles. The summed E-state index contributed by atoms with van der Waals surface area (Å²) in [5, 5.41) is 3.13. The van der Waals surface area contributed by atoms with Gasteiger partial charge in [-0.25, -0.2) is 4.98 Å². The number of ether oxygens (including phenoxy) is 1. The minimum absolute atomic E-state index is 0.471. The van der Waals surface area contributed by atoms with Crippen molar-refractivity contribution >= 4 is 11.5 Å². The summed E-state index contributed by atoms with van der Waals surface area (Å²) in [7, 11) is 0. The number of aromatic nitrogens is 2. The van der Waals surface area contributed by atoms with Crippen molar-refractivity contribution < 1.29 is 4.74 Å². The van der Waals surface area contributed by atoms with Gasteiger partial charge in [-0.2, -0.15) is 4.98 Å². The molecule has 5 nitrogen and oxygen atoms in total. The van der Waals surface area contributed by atoms with Gasteiger partial charge in [0.25, 0.3) is 0 Å². The standard InChI is InChI=1S/C13H20N4O/c1-3-7-15-12-10(14)13(18-8-4-2)17-11(16-12)9-5-6-9/h3,9H,1,4-8,14H2,2H3,(H,15,16,17). The lowest BCUT2D eigenvalue weighted by molar-refractivity contribution is 0.305. The van der Waals surface area contributed by atoms with Gasteiger partial charge in [0.15, 0.2) is 5.82 Å². The number of hydrogen-bond donors (Lipinski definition) is 2. The van der Waals surface area contributed by atoms with Gasteiger partial charge in [0.1, 0.15) is 11.5 Å². The number of nitrogens with two attached hydrogens (primary N) is 1. The molecule has 1 fully saturated rings. The van der Waals surface area contributed by atoms with E-state index < -0.39 is 0 Å². The Morgan fingerprint density at radius 3 is 2.89 bits per heavy atom. The van der Waals surface area contributed by atoms with Crippen molar-refractivity contribution in [2.75, 3.05) is 24.2 Å². The highest BCUT2D eigenvalue weighted by molar-refractivity contribution is 5.67. The zero-order valence-electron chi connectivity index (χ0n) is 10.8. The Labute approximate surface area is 107 Å². The fraction of sp³-hybridized carbons (Fsp3) is 0.538. The Hall–Kier alpha value is -1.78. The van der Waals surface area contributed by atoms with Crippen LogP contribution in [0.3, 0.4) is 0 Å². The monoisotopic (exact) mass is 248 g/mol. The van der Waals surface area contributed by atoms with E-state index in [1.807, 2.05) is 0 Å². The van der Waals surface area contributed by atoms with E-state index in [9.17, 15) is 0 Å². The van der Waals surface area contributed by atoms with E-state index in [1.165, 1.54) is 0 Å². The number of nitrogens with zero attached hydrogens (tertiary/aromatic N) is 2. The lowest BCUT2D eigenvalue weighted by Crippen LogP contribution is -2.11. The van der Waals surface area contributed by atoms with Crippen LogP contribution in [0.5, 0.6) is 5.88 Å². The lowest BCUT2D eigenvalue weighted by atomic mass is 10.3. The molecule has 0 spiro atoms.